The SMILES string of the molecule is CC.CC.CN1CCSc2sc(C(=O)N(C)C)nc2C1. The first kappa shape index (κ1) is 19.4. The molecule has 2 rings (SSSR count). The van der Waals surface area contributed by atoms with Gasteiger partial charge >= 0.3 is 0 Å². The Kier molecular flexibility index (Phi) is 9.88. The van der Waals surface area contributed by atoms with Crippen LogP contribution in [0, 0.1) is 0 Å². The van der Waals surface area contributed by atoms with Crippen molar-refractivity contribution in [3.8, 4) is 0 Å². The lowest BCUT2D eigenvalue weighted by atomic mass is 10.4. The Balaban J connectivity index is 0.000000829. The third kappa shape index (κ3) is 5.42. The second kappa shape index (κ2) is 10.2. The van der Waals surface area contributed by atoms with Crippen LogP contribution >= 0.6 is 23.1 Å². The molecule has 0 spiro atoms. The molecule has 116 valence electrons. The number of hydrogen-bond donors (Lipinski definition) is 0. The Bertz CT molecular complexity index is 405. The summed E-state index contributed by atoms with van der Waals surface area (Å²) in [6.07, 6.45) is 0. The molecule has 6 heteroatoms. The van der Waals surface area contributed by atoms with E-state index in [9.17, 15) is 4.79 Å². The van der Waals surface area contributed by atoms with Gasteiger partial charge in [0, 0.05) is 32.9 Å². The van der Waals surface area contributed by atoms with Crippen molar-refractivity contribution in [1.29, 1.82) is 0 Å². The van der Waals surface area contributed by atoms with E-state index in [1.807, 2.05) is 27.7 Å². The summed E-state index contributed by atoms with van der Waals surface area (Å²) in [4.78, 5) is 20.0. The van der Waals surface area contributed by atoms with Crippen molar-refractivity contribution in [2.75, 3.05) is 33.4 Å². The lowest BCUT2D eigenvalue weighted by Crippen LogP contribution is -2.22. The molecule has 0 radical (unpaired) electrons. The van der Waals surface area contributed by atoms with Crippen LogP contribution < -0.4 is 0 Å². The van der Waals surface area contributed by atoms with E-state index < -0.39 is 0 Å². The average molecular weight is 318 g/mol. The van der Waals surface area contributed by atoms with Gasteiger partial charge in [0.15, 0.2) is 5.01 Å². The van der Waals surface area contributed by atoms with Gasteiger partial charge in [-0.05, 0) is 7.05 Å². The molecule has 1 amide bonds. The molecule has 0 atom stereocenters. The summed E-state index contributed by atoms with van der Waals surface area (Å²) in [5.41, 5.74) is 1.06. The third-order valence-corrected chi connectivity index (χ3v) is 4.74. The van der Waals surface area contributed by atoms with E-state index in [0.717, 1.165) is 24.5 Å². The molecule has 0 fully saturated rings. The van der Waals surface area contributed by atoms with E-state index in [1.165, 1.54) is 15.5 Å². The van der Waals surface area contributed by atoms with E-state index in [2.05, 4.69) is 16.9 Å². The first-order chi connectivity index (χ1) is 9.58. The molecular formula is C14H27N3OS2. The van der Waals surface area contributed by atoms with Gasteiger partial charge in [-0.2, -0.15) is 0 Å². The van der Waals surface area contributed by atoms with Gasteiger partial charge in [-0.15, -0.1) is 23.1 Å². The number of nitrogens with zero attached hydrogens (tertiary/aromatic N) is 3. The number of aromatic nitrogens is 1. The normalized spacial score (nSPS) is 13.9. The minimum Gasteiger partial charge on any atom is -0.343 e. The molecule has 1 aromatic rings. The highest BCUT2D eigenvalue weighted by molar-refractivity contribution is 8.01. The maximum Gasteiger partial charge on any atom is 0.282 e. The first-order valence-electron chi connectivity index (χ1n) is 7.10. The largest absolute Gasteiger partial charge is 0.343 e. The molecule has 1 aliphatic rings. The summed E-state index contributed by atoms with van der Waals surface area (Å²) in [5, 5.41) is 0.609. The Morgan fingerprint density at radius 3 is 2.40 bits per heavy atom. The summed E-state index contributed by atoms with van der Waals surface area (Å²) in [6.45, 7) is 9.92. The lowest BCUT2D eigenvalue weighted by Gasteiger charge is -2.11. The molecule has 1 aliphatic heterocycles. The number of fused-ring (bicyclic) bond motifs is 1. The molecular weight excluding hydrogens is 290 g/mol. The first-order valence-corrected chi connectivity index (χ1v) is 8.91. The minimum atomic E-state index is 0.00123. The van der Waals surface area contributed by atoms with E-state index >= 15 is 0 Å². The number of amides is 1. The van der Waals surface area contributed by atoms with Gasteiger partial charge in [0.2, 0.25) is 0 Å². The van der Waals surface area contributed by atoms with Crippen molar-refractivity contribution in [3.63, 3.8) is 0 Å². The molecule has 2 heterocycles. The maximum atomic E-state index is 11.8. The van der Waals surface area contributed by atoms with Crippen LogP contribution in [-0.2, 0) is 6.54 Å². The van der Waals surface area contributed by atoms with Crippen LogP contribution in [0.2, 0.25) is 0 Å². The van der Waals surface area contributed by atoms with Gasteiger partial charge in [-0.3, -0.25) is 9.69 Å². The number of hydrogen-bond acceptors (Lipinski definition) is 5. The van der Waals surface area contributed by atoms with Crippen LogP contribution in [0.4, 0.5) is 0 Å². The predicted octanol–water partition coefficient (Wildman–Crippen LogP) is 3.43. The molecule has 0 saturated carbocycles. The standard InChI is InChI=1S/C10H15N3OS2.2C2H6/c1-12(2)9(14)8-11-7-6-13(3)4-5-15-10(7)16-8;2*1-2/h4-6H2,1-3H3;2*1-2H3. The van der Waals surface area contributed by atoms with Crippen LogP contribution in [0.3, 0.4) is 0 Å². The van der Waals surface area contributed by atoms with Crippen molar-refractivity contribution >= 4 is 29.0 Å². The van der Waals surface area contributed by atoms with Gasteiger partial charge in [0.1, 0.15) is 0 Å². The number of carbonyl (C=O) groups is 1. The Morgan fingerprint density at radius 1 is 1.25 bits per heavy atom. The fourth-order valence-corrected chi connectivity index (χ4v) is 3.88. The zero-order valence-electron chi connectivity index (χ0n) is 13.7. The summed E-state index contributed by atoms with van der Waals surface area (Å²) < 4.78 is 1.20. The van der Waals surface area contributed by atoms with Crippen LogP contribution in [0.1, 0.15) is 43.2 Å². The lowest BCUT2D eigenvalue weighted by molar-refractivity contribution is 0.0827. The van der Waals surface area contributed by atoms with Crippen LogP contribution in [0.25, 0.3) is 0 Å². The average Bonchev–Trinajstić information content (AvgIpc) is 2.77. The summed E-state index contributed by atoms with van der Waals surface area (Å²) in [5.74, 6) is 1.07. The Morgan fingerprint density at radius 2 is 1.85 bits per heavy atom. The minimum absolute atomic E-state index is 0.00123. The third-order valence-electron chi connectivity index (χ3n) is 2.38. The van der Waals surface area contributed by atoms with E-state index in [0.29, 0.717) is 5.01 Å². The number of carbonyl (C=O) groups excluding carboxylic acids is 1. The monoisotopic (exact) mass is 317 g/mol. The smallest absolute Gasteiger partial charge is 0.282 e. The van der Waals surface area contributed by atoms with Gasteiger partial charge < -0.3 is 4.90 Å². The number of thiazole rings is 1. The number of thioether (sulfide) groups is 1. The summed E-state index contributed by atoms with van der Waals surface area (Å²) >= 11 is 3.33. The zero-order valence-corrected chi connectivity index (χ0v) is 15.3. The molecule has 4 nitrogen and oxygen atoms in total. The Hall–Kier alpha value is -0.590. The maximum absolute atomic E-state index is 11.8. The van der Waals surface area contributed by atoms with Gasteiger partial charge in [0.05, 0.1) is 9.90 Å². The van der Waals surface area contributed by atoms with E-state index in [4.69, 9.17) is 0 Å². The van der Waals surface area contributed by atoms with Gasteiger partial charge in [-0.1, -0.05) is 27.7 Å². The fourth-order valence-electron chi connectivity index (χ4n) is 1.46. The van der Waals surface area contributed by atoms with Crippen LogP contribution in [-0.4, -0.2) is 54.1 Å². The quantitative estimate of drug-likeness (QED) is 0.795. The molecule has 20 heavy (non-hydrogen) atoms. The van der Waals surface area contributed by atoms with Crippen LogP contribution in [0.15, 0.2) is 4.21 Å². The molecule has 0 aromatic carbocycles. The van der Waals surface area contributed by atoms with Crippen molar-refractivity contribution in [2.45, 2.75) is 38.4 Å². The summed E-state index contributed by atoms with van der Waals surface area (Å²) in [6, 6.07) is 0. The molecule has 1 aromatic heterocycles. The van der Waals surface area contributed by atoms with E-state index in [1.54, 1.807) is 30.8 Å². The second-order valence-electron chi connectivity index (χ2n) is 4.04. The topological polar surface area (TPSA) is 36.4 Å². The second-order valence-corrected chi connectivity index (χ2v) is 6.40. The van der Waals surface area contributed by atoms with Crippen LogP contribution in [0.5, 0.6) is 0 Å². The van der Waals surface area contributed by atoms with Crippen molar-refractivity contribution in [1.82, 2.24) is 14.8 Å². The highest BCUT2D eigenvalue weighted by atomic mass is 32.2. The van der Waals surface area contributed by atoms with Gasteiger partial charge in [0.25, 0.3) is 5.91 Å². The Labute approximate surface area is 131 Å². The van der Waals surface area contributed by atoms with E-state index in [-0.39, 0.29) is 5.91 Å². The highest BCUT2D eigenvalue weighted by Crippen LogP contribution is 2.32. The predicted molar refractivity (Wildman–Crippen MR) is 89.9 cm³/mol. The van der Waals surface area contributed by atoms with Crippen molar-refractivity contribution < 1.29 is 4.79 Å². The van der Waals surface area contributed by atoms with Crippen molar-refractivity contribution in [3.05, 3.63) is 10.7 Å². The van der Waals surface area contributed by atoms with Crippen molar-refractivity contribution in [2.24, 2.45) is 0 Å². The molecule has 0 unspecified atom stereocenters. The highest BCUT2D eigenvalue weighted by Gasteiger charge is 2.21. The number of rotatable bonds is 1. The zero-order chi connectivity index (χ0) is 15.7. The fraction of sp³-hybridized carbons (Fsp3) is 0.714. The molecule has 0 saturated heterocycles. The molecule has 0 aliphatic carbocycles. The van der Waals surface area contributed by atoms with Gasteiger partial charge in [-0.25, -0.2) is 4.98 Å². The molecule has 0 bridgehead atoms. The summed E-state index contributed by atoms with van der Waals surface area (Å²) in [7, 11) is 5.60. The molecule has 0 N–H and O–H groups in total.